The number of anilines is 6. The lowest BCUT2D eigenvalue weighted by Gasteiger charge is -2.25. The van der Waals surface area contributed by atoms with Gasteiger partial charge in [-0.25, -0.2) is 9.97 Å². The second-order valence-corrected chi connectivity index (χ2v) is 20.9. The van der Waals surface area contributed by atoms with Gasteiger partial charge in [-0.1, -0.05) is 267 Å². The summed E-state index contributed by atoms with van der Waals surface area (Å²) >= 11 is 0. The van der Waals surface area contributed by atoms with Gasteiger partial charge < -0.3 is 9.80 Å². The first kappa shape index (κ1) is 51.0. The van der Waals surface area contributed by atoms with E-state index in [2.05, 4.69) is 350 Å². The van der Waals surface area contributed by atoms with Crippen LogP contribution >= 0.6 is 0 Å². The summed E-state index contributed by atoms with van der Waals surface area (Å²) in [6, 6.07) is 121. The summed E-state index contributed by atoms with van der Waals surface area (Å²) in [5.74, 6) is 0. The highest BCUT2D eigenvalue weighted by Crippen LogP contribution is 2.45. The smallest absolute Gasteiger partial charge is 0.0979 e. The zero-order valence-corrected chi connectivity index (χ0v) is 46.1. The van der Waals surface area contributed by atoms with Crippen LogP contribution in [0.15, 0.2) is 340 Å². The first-order valence-corrected chi connectivity index (χ1v) is 28.6. The van der Waals surface area contributed by atoms with E-state index in [9.17, 15) is 0 Å². The molecule has 0 aliphatic heterocycles. The van der Waals surface area contributed by atoms with E-state index in [-0.39, 0.29) is 0 Å². The Morgan fingerprint density at radius 3 is 0.679 bits per heavy atom. The van der Waals surface area contributed by atoms with Gasteiger partial charge in [0.2, 0.25) is 0 Å². The van der Waals surface area contributed by atoms with Crippen LogP contribution in [0.2, 0.25) is 0 Å². The summed E-state index contributed by atoms with van der Waals surface area (Å²) in [5, 5.41) is 0. The van der Waals surface area contributed by atoms with Gasteiger partial charge in [-0.05, 0) is 128 Å². The standard InChI is InChI=1S/C80H56N4/c1-7-23-61(24-8-1)71-35-19-21-37-73(71)75-55-56-76(74-38-22-20-36-72(74)62-25-9-2-10-26-62)80-79(75)81-77(63-43-39-57(40-44-63)59-47-51-69(52-48-59)83(65-27-11-3-12-28-65)66-29-13-4-14-30-66)78(82-80)64-45-41-58(42-46-64)60-49-53-70(54-50-60)84(67-31-15-5-16-32-67)68-33-17-6-18-34-68/h1-56H. The summed E-state index contributed by atoms with van der Waals surface area (Å²) in [4.78, 5) is 16.4. The van der Waals surface area contributed by atoms with Gasteiger partial charge in [0, 0.05) is 56.4 Å². The third-order valence-electron chi connectivity index (χ3n) is 15.7. The van der Waals surface area contributed by atoms with Crippen LogP contribution in [0.4, 0.5) is 34.1 Å². The van der Waals surface area contributed by atoms with Crippen LogP contribution in [0.5, 0.6) is 0 Å². The average molecular weight is 1070 g/mol. The minimum absolute atomic E-state index is 0.803. The lowest BCUT2D eigenvalue weighted by molar-refractivity contribution is 1.28. The predicted molar refractivity (Wildman–Crippen MR) is 352 cm³/mol. The van der Waals surface area contributed by atoms with Gasteiger partial charge in [0.25, 0.3) is 0 Å². The molecule has 4 heteroatoms. The van der Waals surface area contributed by atoms with Crippen LogP contribution in [0.3, 0.4) is 0 Å². The van der Waals surface area contributed by atoms with Gasteiger partial charge in [-0.3, -0.25) is 0 Å². The summed E-state index contributed by atoms with van der Waals surface area (Å²) in [6.07, 6.45) is 0. The molecule has 0 bridgehead atoms. The van der Waals surface area contributed by atoms with E-state index in [4.69, 9.17) is 9.97 Å². The second-order valence-electron chi connectivity index (χ2n) is 20.9. The van der Waals surface area contributed by atoms with Crippen molar-refractivity contribution in [2.24, 2.45) is 0 Å². The van der Waals surface area contributed by atoms with Crippen molar-refractivity contribution in [3.05, 3.63) is 340 Å². The minimum atomic E-state index is 0.803. The molecule has 4 nitrogen and oxygen atoms in total. The summed E-state index contributed by atoms with van der Waals surface area (Å²) in [5.41, 5.74) is 25.0. The number of nitrogens with zero attached hydrogens (tertiary/aromatic N) is 4. The maximum atomic E-state index is 5.90. The minimum Gasteiger partial charge on any atom is -0.311 e. The quantitative estimate of drug-likeness (QED) is 0.109. The topological polar surface area (TPSA) is 32.3 Å². The zero-order chi connectivity index (χ0) is 56.0. The highest BCUT2D eigenvalue weighted by atomic mass is 15.1. The van der Waals surface area contributed by atoms with Crippen LogP contribution in [0.1, 0.15) is 0 Å². The molecule has 396 valence electrons. The molecule has 14 rings (SSSR count). The maximum Gasteiger partial charge on any atom is 0.0979 e. The van der Waals surface area contributed by atoms with Gasteiger partial charge in [0.1, 0.15) is 0 Å². The fourth-order valence-corrected chi connectivity index (χ4v) is 11.6. The summed E-state index contributed by atoms with van der Waals surface area (Å²) in [7, 11) is 0. The monoisotopic (exact) mass is 1070 g/mol. The molecular formula is C80H56N4. The number of benzene rings is 13. The fourth-order valence-electron chi connectivity index (χ4n) is 11.6. The molecule has 0 aliphatic carbocycles. The van der Waals surface area contributed by atoms with E-state index in [1.165, 1.54) is 0 Å². The molecule has 0 saturated carbocycles. The van der Waals surface area contributed by atoms with Gasteiger partial charge in [0.15, 0.2) is 0 Å². The Labute approximate surface area is 491 Å². The van der Waals surface area contributed by atoms with Crippen molar-refractivity contribution >= 4 is 45.2 Å². The molecular weight excluding hydrogens is 1020 g/mol. The van der Waals surface area contributed by atoms with Crippen molar-refractivity contribution in [1.82, 2.24) is 9.97 Å². The van der Waals surface area contributed by atoms with Gasteiger partial charge in [-0.15, -0.1) is 0 Å². The third-order valence-corrected chi connectivity index (χ3v) is 15.7. The Morgan fingerprint density at radius 1 is 0.155 bits per heavy atom. The molecule has 0 spiro atoms. The first-order chi connectivity index (χ1) is 41.7. The number of aromatic nitrogens is 2. The van der Waals surface area contributed by atoms with Gasteiger partial charge >= 0.3 is 0 Å². The van der Waals surface area contributed by atoms with Crippen LogP contribution in [-0.4, -0.2) is 9.97 Å². The van der Waals surface area contributed by atoms with Crippen molar-refractivity contribution in [2.45, 2.75) is 0 Å². The molecule has 1 heterocycles. The lowest BCUT2D eigenvalue weighted by atomic mass is 9.89. The molecule has 84 heavy (non-hydrogen) atoms. The second kappa shape index (κ2) is 23.1. The fraction of sp³-hybridized carbons (Fsp3) is 0. The SMILES string of the molecule is c1ccc(-c2ccccc2-c2ccc(-c3ccccc3-c3ccccc3)c3nc(-c4ccc(-c5ccc(N(c6ccccc6)c6ccccc6)cc5)cc4)c(-c4ccc(-c5ccc(N(c6ccccc6)c6ccccc6)cc5)cc4)nc23)cc1. The Bertz CT molecular complexity index is 4150. The average Bonchev–Trinajstić information content (AvgIpc) is 3.72. The summed E-state index contributed by atoms with van der Waals surface area (Å²) in [6.45, 7) is 0. The van der Waals surface area contributed by atoms with Crippen LogP contribution in [0.25, 0.3) is 100 Å². The van der Waals surface area contributed by atoms with E-state index in [1.807, 2.05) is 0 Å². The number of hydrogen-bond donors (Lipinski definition) is 0. The normalized spacial score (nSPS) is 11.1. The molecule has 0 saturated heterocycles. The molecule has 0 unspecified atom stereocenters. The highest BCUT2D eigenvalue weighted by molar-refractivity contribution is 6.07. The number of hydrogen-bond acceptors (Lipinski definition) is 4. The Morgan fingerprint density at radius 2 is 0.381 bits per heavy atom. The van der Waals surface area contributed by atoms with Crippen molar-refractivity contribution < 1.29 is 0 Å². The van der Waals surface area contributed by atoms with Crippen LogP contribution in [0, 0.1) is 0 Å². The molecule has 1 aromatic heterocycles. The predicted octanol–water partition coefficient (Wildman–Crippen LogP) is 21.9. The van der Waals surface area contributed by atoms with Gasteiger partial charge in [0.05, 0.1) is 22.4 Å². The van der Waals surface area contributed by atoms with E-state index >= 15 is 0 Å². The van der Waals surface area contributed by atoms with E-state index in [1.54, 1.807) is 0 Å². The molecule has 0 fully saturated rings. The Kier molecular flexibility index (Phi) is 14.0. The molecule has 0 radical (unpaired) electrons. The lowest BCUT2D eigenvalue weighted by Crippen LogP contribution is -2.09. The number of fused-ring (bicyclic) bond motifs is 1. The third kappa shape index (κ3) is 10.2. The number of para-hydroxylation sites is 4. The van der Waals surface area contributed by atoms with E-state index in [0.29, 0.717) is 0 Å². The van der Waals surface area contributed by atoms with Crippen molar-refractivity contribution in [1.29, 1.82) is 0 Å². The van der Waals surface area contributed by atoms with Crippen molar-refractivity contribution in [3.63, 3.8) is 0 Å². The van der Waals surface area contributed by atoms with E-state index in [0.717, 1.165) is 134 Å². The molecule has 0 N–H and O–H groups in total. The molecule has 14 aromatic rings. The van der Waals surface area contributed by atoms with Crippen molar-refractivity contribution in [2.75, 3.05) is 9.80 Å². The van der Waals surface area contributed by atoms with Gasteiger partial charge in [-0.2, -0.15) is 0 Å². The summed E-state index contributed by atoms with van der Waals surface area (Å²) < 4.78 is 0. The molecule has 0 amide bonds. The highest BCUT2D eigenvalue weighted by Gasteiger charge is 2.23. The van der Waals surface area contributed by atoms with Crippen LogP contribution in [-0.2, 0) is 0 Å². The van der Waals surface area contributed by atoms with E-state index < -0.39 is 0 Å². The Hall–Kier alpha value is -11.2. The van der Waals surface area contributed by atoms with Crippen molar-refractivity contribution in [3.8, 4) is 89.3 Å². The Balaban J connectivity index is 0.913. The molecule has 0 aliphatic rings. The zero-order valence-electron chi connectivity index (χ0n) is 46.1. The largest absolute Gasteiger partial charge is 0.311 e. The molecule has 13 aromatic carbocycles. The number of rotatable bonds is 14. The first-order valence-electron chi connectivity index (χ1n) is 28.6. The van der Waals surface area contributed by atoms with Crippen LogP contribution < -0.4 is 9.80 Å². The molecule has 0 atom stereocenters. The maximum absolute atomic E-state index is 5.90.